The van der Waals surface area contributed by atoms with E-state index in [1.54, 1.807) is 41.5 Å². The van der Waals surface area contributed by atoms with Gasteiger partial charge in [0.05, 0.1) is 24.1 Å². The number of hydrogen-bond acceptors (Lipinski definition) is 4. The highest BCUT2D eigenvalue weighted by atomic mass is 79.9. The molecule has 2 N–H and O–H groups in total. The lowest BCUT2D eigenvalue weighted by atomic mass is 10.1. The van der Waals surface area contributed by atoms with Gasteiger partial charge in [0, 0.05) is 34.5 Å². The van der Waals surface area contributed by atoms with Crippen LogP contribution in [0, 0.1) is 0 Å². The fourth-order valence-corrected chi connectivity index (χ4v) is 3.42. The van der Waals surface area contributed by atoms with E-state index in [-0.39, 0.29) is 5.02 Å². The van der Waals surface area contributed by atoms with Crippen molar-refractivity contribution in [1.29, 1.82) is 0 Å². The van der Waals surface area contributed by atoms with Gasteiger partial charge in [-0.15, -0.1) is 0 Å². The number of anilines is 2. The summed E-state index contributed by atoms with van der Waals surface area (Å²) in [6.07, 6.45) is -2.22. The second-order valence-electron chi connectivity index (χ2n) is 6.41. The first-order valence-electron chi connectivity index (χ1n) is 9.30. The van der Waals surface area contributed by atoms with E-state index in [9.17, 15) is 18.0 Å². The molecule has 2 amide bonds. The molecule has 0 atom stereocenters. The second kappa shape index (κ2) is 11.2. The fourth-order valence-electron chi connectivity index (χ4n) is 2.70. The first kappa shape index (κ1) is 25.5. The standard InChI is InChI=1S/C21H21BrClF3N4O2/c1-4-9-27-30(2)18(12-22)15-11-14(6-8-19(15)32-3)28-20(31)29-17-7-5-13(23)10-16(17)21(24,25)26/h5-12H,4H2,1-3H3,(H2,28,29,31)/b18-12+,27-9-. The summed E-state index contributed by atoms with van der Waals surface area (Å²) in [7, 11) is 3.24. The number of halogens is 5. The van der Waals surface area contributed by atoms with Crippen molar-refractivity contribution >= 4 is 56.8 Å². The maximum absolute atomic E-state index is 13.3. The van der Waals surface area contributed by atoms with Crippen molar-refractivity contribution in [2.75, 3.05) is 24.8 Å². The first-order chi connectivity index (χ1) is 15.1. The summed E-state index contributed by atoms with van der Waals surface area (Å²) in [4.78, 5) is 14.1. The van der Waals surface area contributed by atoms with Crippen molar-refractivity contribution in [1.82, 2.24) is 5.01 Å². The number of rotatable bonds is 7. The van der Waals surface area contributed by atoms with Crippen molar-refractivity contribution in [3.8, 4) is 5.75 Å². The number of carbonyl (C=O) groups excluding carboxylic acids is 1. The van der Waals surface area contributed by atoms with Crippen LogP contribution in [-0.4, -0.2) is 31.4 Å². The van der Waals surface area contributed by atoms with Crippen LogP contribution in [0.4, 0.5) is 29.3 Å². The topological polar surface area (TPSA) is 66.0 Å². The number of carbonyl (C=O) groups is 1. The smallest absolute Gasteiger partial charge is 0.418 e. The predicted molar refractivity (Wildman–Crippen MR) is 126 cm³/mol. The molecule has 0 bridgehead atoms. The Bertz CT molecular complexity index is 1030. The Kier molecular flexibility index (Phi) is 8.97. The van der Waals surface area contributed by atoms with E-state index in [0.29, 0.717) is 22.7 Å². The van der Waals surface area contributed by atoms with Gasteiger partial charge < -0.3 is 15.4 Å². The van der Waals surface area contributed by atoms with Crippen LogP contribution in [0.3, 0.4) is 0 Å². The van der Waals surface area contributed by atoms with Gasteiger partial charge in [-0.2, -0.15) is 18.3 Å². The van der Waals surface area contributed by atoms with Crippen LogP contribution in [0.15, 0.2) is 46.5 Å². The molecule has 0 spiro atoms. The minimum absolute atomic E-state index is 0.0907. The predicted octanol–water partition coefficient (Wildman–Crippen LogP) is 7.03. The van der Waals surface area contributed by atoms with Crippen molar-refractivity contribution < 1.29 is 22.7 Å². The molecule has 0 aliphatic rings. The molecule has 6 nitrogen and oxygen atoms in total. The molecule has 11 heteroatoms. The van der Waals surface area contributed by atoms with Crippen LogP contribution in [0.5, 0.6) is 5.75 Å². The molecule has 0 aliphatic carbocycles. The summed E-state index contributed by atoms with van der Waals surface area (Å²) < 4.78 is 45.2. The molecule has 172 valence electrons. The van der Waals surface area contributed by atoms with Crippen molar-refractivity contribution in [3.05, 3.63) is 57.5 Å². The summed E-state index contributed by atoms with van der Waals surface area (Å²) in [6, 6.07) is 7.07. The van der Waals surface area contributed by atoms with Crippen molar-refractivity contribution in [2.45, 2.75) is 19.5 Å². The summed E-state index contributed by atoms with van der Waals surface area (Å²) in [5.74, 6) is 0.511. The van der Waals surface area contributed by atoms with Gasteiger partial charge in [-0.05, 0) is 42.8 Å². The molecule has 0 aromatic heterocycles. The number of hydrogen-bond donors (Lipinski definition) is 2. The SMILES string of the molecule is CC/C=N\N(C)/C(=C/Br)c1cc(NC(=O)Nc2ccc(Cl)cc2C(F)(F)F)ccc1OC. The molecule has 0 saturated heterocycles. The molecule has 32 heavy (non-hydrogen) atoms. The van der Waals surface area contributed by atoms with Crippen LogP contribution in [0.25, 0.3) is 5.70 Å². The molecular weight excluding hydrogens is 513 g/mol. The number of benzene rings is 2. The maximum Gasteiger partial charge on any atom is 0.418 e. The largest absolute Gasteiger partial charge is 0.496 e. The van der Waals surface area contributed by atoms with Crippen LogP contribution in [-0.2, 0) is 6.18 Å². The molecular formula is C21H21BrClF3N4O2. The van der Waals surface area contributed by atoms with E-state index >= 15 is 0 Å². The first-order valence-corrected chi connectivity index (χ1v) is 10.6. The highest BCUT2D eigenvalue weighted by Gasteiger charge is 2.34. The third-order valence-electron chi connectivity index (χ3n) is 4.16. The Labute approximate surface area is 197 Å². The van der Waals surface area contributed by atoms with Crippen molar-refractivity contribution in [2.24, 2.45) is 5.10 Å². The van der Waals surface area contributed by atoms with Gasteiger partial charge in [0.2, 0.25) is 0 Å². The quantitative estimate of drug-likeness (QED) is 0.297. The molecule has 2 aromatic rings. The zero-order valence-electron chi connectivity index (χ0n) is 17.4. The summed E-state index contributed by atoms with van der Waals surface area (Å²) >= 11 is 8.98. The third-order valence-corrected chi connectivity index (χ3v) is 4.83. The average Bonchev–Trinajstić information content (AvgIpc) is 2.73. The molecule has 0 fully saturated rings. The summed E-state index contributed by atoms with van der Waals surface area (Å²) in [5, 5.41) is 10.6. The lowest BCUT2D eigenvalue weighted by Crippen LogP contribution is -2.22. The van der Waals surface area contributed by atoms with Gasteiger partial charge in [-0.3, -0.25) is 5.01 Å². The molecule has 0 unspecified atom stereocenters. The number of hydrazone groups is 1. The van der Waals surface area contributed by atoms with E-state index in [1.165, 1.54) is 13.2 Å². The minimum atomic E-state index is -4.68. The second-order valence-corrected chi connectivity index (χ2v) is 7.30. The third kappa shape index (κ3) is 6.64. The minimum Gasteiger partial charge on any atom is -0.496 e. The number of urea groups is 1. The van der Waals surface area contributed by atoms with Gasteiger partial charge in [0.15, 0.2) is 0 Å². The highest BCUT2D eigenvalue weighted by Crippen LogP contribution is 2.37. The summed E-state index contributed by atoms with van der Waals surface area (Å²) in [6.45, 7) is 1.95. The molecule has 0 heterocycles. The number of nitrogens with zero attached hydrogens (tertiary/aromatic N) is 2. The lowest BCUT2D eigenvalue weighted by Gasteiger charge is -2.20. The fraction of sp³-hybridized carbons (Fsp3) is 0.238. The van der Waals surface area contributed by atoms with Crippen LogP contribution >= 0.6 is 27.5 Å². The maximum atomic E-state index is 13.3. The zero-order valence-corrected chi connectivity index (χ0v) is 19.8. The Hall–Kier alpha value is -2.72. The van der Waals surface area contributed by atoms with Gasteiger partial charge >= 0.3 is 12.2 Å². The van der Waals surface area contributed by atoms with Crippen LogP contribution < -0.4 is 15.4 Å². The van der Waals surface area contributed by atoms with E-state index in [0.717, 1.165) is 18.6 Å². The van der Waals surface area contributed by atoms with Crippen LogP contribution in [0.2, 0.25) is 5.02 Å². The molecule has 2 aromatic carbocycles. The number of methoxy groups -OCH3 is 1. The van der Waals surface area contributed by atoms with E-state index in [1.807, 2.05) is 6.92 Å². The Morgan fingerprint density at radius 2 is 1.97 bits per heavy atom. The van der Waals surface area contributed by atoms with E-state index in [2.05, 4.69) is 31.7 Å². The number of ether oxygens (including phenoxy) is 1. The van der Waals surface area contributed by atoms with Crippen LogP contribution in [0.1, 0.15) is 24.5 Å². The van der Waals surface area contributed by atoms with E-state index in [4.69, 9.17) is 16.3 Å². The summed E-state index contributed by atoms with van der Waals surface area (Å²) in [5.41, 5.74) is 0.104. The Morgan fingerprint density at radius 3 is 2.56 bits per heavy atom. The molecule has 0 radical (unpaired) electrons. The average molecular weight is 534 g/mol. The zero-order chi connectivity index (χ0) is 23.9. The van der Waals surface area contributed by atoms with Gasteiger partial charge in [0.25, 0.3) is 0 Å². The Balaban J connectivity index is 2.30. The number of nitrogens with one attached hydrogen (secondary N) is 2. The molecule has 0 aliphatic heterocycles. The lowest BCUT2D eigenvalue weighted by molar-refractivity contribution is -0.136. The monoisotopic (exact) mass is 532 g/mol. The van der Waals surface area contributed by atoms with Gasteiger partial charge in [0.1, 0.15) is 5.75 Å². The van der Waals surface area contributed by atoms with Crippen molar-refractivity contribution in [3.63, 3.8) is 0 Å². The van der Waals surface area contributed by atoms with E-state index < -0.39 is 23.5 Å². The highest BCUT2D eigenvalue weighted by molar-refractivity contribution is 9.11. The number of amides is 2. The van der Waals surface area contributed by atoms with Gasteiger partial charge in [-0.25, -0.2) is 4.79 Å². The Morgan fingerprint density at radius 1 is 1.25 bits per heavy atom. The molecule has 0 saturated carbocycles. The normalized spacial score (nSPS) is 12.1. The van der Waals surface area contributed by atoms with Gasteiger partial charge in [-0.1, -0.05) is 34.5 Å². The molecule has 2 rings (SSSR count). The number of alkyl halides is 3.